The van der Waals surface area contributed by atoms with Crippen molar-refractivity contribution in [1.82, 2.24) is 4.31 Å². The molecule has 1 fully saturated rings. The quantitative estimate of drug-likeness (QED) is 0.565. The van der Waals surface area contributed by atoms with E-state index in [4.69, 9.17) is 21.1 Å². The van der Waals surface area contributed by atoms with Gasteiger partial charge in [-0.05, 0) is 69.7 Å². The van der Waals surface area contributed by atoms with Gasteiger partial charge in [0.05, 0.1) is 6.61 Å². The van der Waals surface area contributed by atoms with Gasteiger partial charge >= 0.3 is 5.97 Å². The van der Waals surface area contributed by atoms with Gasteiger partial charge in [-0.2, -0.15) is 4.31 Å². The molecule has 0 N–H and O–H groups in total. The Morgan fingerprint density at radius 1 is 1.30 bits per heavy atom. The Labute approximate surface area is 187 Å². The first-order valence-corrected chi connectivity index (χ1v) is 12.6. The van der Waals surface area contributed by atoms with Crippen LogP contribution in [0.4, 0.5) is 0 Å². The van der Waals surface area contributed by atoms with Gasteiger partial charge in [0.2, 0.25) is 0 Å². The Hall–Kier alpha value is -1.19. The Balaban J connectivity index is 1.77. The van der Waals surface area contributed by atoms with Crippen LogP contribution in [-0.2, 0) is 24.3 Å². The van der Waals surface area contributed by atoms with Gasteiger partial charge < -0.3 is 9.47 Å². The predicted octanol–water partition coefficient (Wildman–Crippen LogP) is 4.76. The fourth-order valence-corrected chi connectivity index (χ4v) is 7.34. The van der Waals surface area contributed by atoms with Crippen LogP contribution in [-0.4, -0.2) is 50.1 Å². The third kappa shape index (κ3) is 5.34. The largest absolute Gasteiger partial charge is 0.458 e. The Kier molecular flexibility index (Phi) is 7.14. The molecule has 1 aliphatic rings. The van der Waals surface area contributed by atoms with Crippen molar-refractivity contribution in [3.8, 4) is 0 Å². The number of aryl methyl sites for hydroxylation is 1. The number of thiophene rings is 1. The number of esters is 1. The second-order valence-corrected chi connectivity index (χ2v) is 12.1. The van der Waals surface area contributed by atoms with E-state index in [9.17, 15) is 13.2 Å². The predicted molar refractivity (Wildman–Crippen MR) is 120 cm³/mol. The van der Waals surface area contributed by atoms with E-state index in [-0.39, 0.29) is 19.3 Å². The van der Waals surface area contributed by atoms with Crippen molar-refractivity contribution in [3.63, 3.8) is 0 Å². The van der Waals surface area contributed by atoms with E-state index < -0.39 is 21.6 Å². The van der Waals surface area contributed by atoms with Crippen molar-refractivity contribution in [3.05, 3.63) is 28.8 Å². The number of piperidine rings is 1. The van der Waals surface area contributed by atoms with Crippen molar-refractivity contribution in [2.45, 2.75) is 62.8 Å². The number of hydrogen-bond acceptors (Lipinski definition) is 6. The molecule has 9 heteroatoms. The molecule has 1 saturated heterocycles. The zero-order chi connectivity index (χ0) is 22.1. The van der Waals surface area contributed by atoms with Crippen molar-refractivity contribution >= 4 is 49.0 Å². The van der Waals surface area contributed by atoms with Gasteiger partial charge in [-0.15, -0.1) is 11.3 Å². The zero-order valence-electron chi connectivity index (χ0n) is 17.7. The minimum absolute atomic E-state index is 0.161. The van der Waals surface area contributed by atoms with E-state index in [0.29, 0.717) is 22.2 Å². The summed E-state index contributed by atoms with van der Waals surface area (Å²) in [6, 6.07) is 5.12. The Bertz CT molecular complexity index is 1030. The SMILES string of the molecule is Cc1c(S(=O)(=O)N2CCCC[C@@H]2COCC(=O)OC(C)(C)C)sc2ccc(Cl)cc12. The molecule has 0 bridgehead atoms. The molecule has 3 rings (SSSR count). The highest BCUT2D eigenvalue weighted by molar-refractivity contribution is 7.91. The van der Waals surface area contributed by atoms with E-state index >= 15 is 0 Å². The van der Waals surface area contributed by atoms with E-state index in [1.165, 1.54) is 15.6 Å². The lowest BCUT2D eigenvalue weighted by atomic mass is 10.1. The highest BCUT2D eigenvalue weighted by atomic mass is 35.5. The highest BCUT2D eigenvalue weighted by Gasteiger charge is 2.36. The second-order valence-electron chi connectivity index (χ2n) is 8.52. The molecule has 0 spiro atoms. The Morgan fingerprint density at radius 2 is 2.03 bits per heavy atom. The molecule has 0 aliphatic carbocycles. The maximum absolute atomic E-state index is 13.5. The molecule has 1 aliphatic heterocycles. The average Bonchev–Trinajstić information content (AvgIpc) is 2.97. The Morgan fingerprint density at radius 3 is 2.73 bits per heavy atom. The molecule has 0 radical (unpaired) electrons. The number of carbonyl (C=O) groups excluding carboxylic acids is 1. The summed E-state index contributed by atoms with van der Waals surface area (Å²) in [5.74, 6) is -0.454. The molecular weight excluding hydrogens is 446 g/mol. The van der Waals surface area contributed by atoms with E-state index in [1.54, 1.807) is 32.9 Å². The topological polar surface area (TPSA) is 72.9 Å². The summed E-state index contributed by atoms with van der Waals surface area (Å²) < 4.78 is 40.6. The summed E-state index contributed by atoms with van der Waals surface area (Å²) in [6.07, 6.45) is 2.42. The average molecular weight is 474 g/mol. The van der Waals surface area contributed by atoms with Gasteiger partial charge in [-0.25, -0.2) is 13.2 Å². The number of hydrogen-bond donors (Lipinski definition) is 0. The zero-order valence-corrected chi connectivity index (χ0v) is 20.1. The third-order valence-corrected chi connectivity index (χ3v) is 8.98. The van der Waals surface area contributed by atoms with Crippen LogP contribution in [0.5, 0.6) is 0 Å². The van der Waals surface area contributed by atoms with Crippen LogP contribution in [0, 0.1) is 6.92 Å². The van der Waals surface area contributed by atoms with Gasteiger partial charge in [0.1, 0.15) is 16.4 Å². The molecule has 1 aromatic heterocycles. The van der Waals surface area contributed by atoms with Crippen LogP contribution in [0.15, 0.2) is 22.4 Å². The first kappa shape index (κ1) is 23.5. The first-order valence-electron chi connectivity index (χ1n) is 9.99. The second kappa shape index (κ2) is 9.12. The lowest BCUT2D eigenvalue weighted by Crippen LogP contribution is -2.46. The summed E-state index contributed by atoms with van der Waals surface area (Å²) in [5, 5.41) is 1.44. The van der Waals surface area contributed by atoms with Gasteiger partial charge in [-0.3, -0.25) is 0 Å². The molecule has 2 heterocycles. The molecule has 166 valence electrons. The van der Waals surface area contributed by atoms with Gasteiger partial charge in [0, 0.05) is 22.3 Å². The maximum Gasteiger partial charge on any atom is 0.332 e. The smallest absolute Gasteiger partial charge is 0.332 e. The number of sulfonamides is 1. The fourth-order valence-electron chi connectivity index (χ4n) is 3.63. The monoisotopic (exact) mass is 473 g/mol. The van der Waals surface area contributed by atoms with Crippen molar-refractivity contribution in [2.75, 3.05) is 19.8 Å². The molecule has 1 aromatic carbocycles. The lowest BCUT2D eigenvalue weighted by molar-refractivity contribution is -0.160. The van der Waals surface area contributed by atoms with Gasteiger partial charge in [-0.1, -0.05) is 18.0 Å². The molecule has 0 unspecified atom stereocenters. The van der Waals surface area contributed by atoms with Gasteiger partial charge in [0.25, 0.3) is 10.0 Å². The fraction of sp³-hybridized carbons (Fsp3) is 0.571. The van der Waals surface area contributed by atoms with Gasteiger partial charge in [0.15, 0.2) is 0 Å². The molecule has 2 aromatic rings. The molecule has 6 nitrogen and oxygen atoms in total. The maximum atomic E-state index is 13.5. The normalized spacial score (nSPS) is 18.6. The van der Waals surface area contributed by atoms with Crippen molar-refractivity contribution in [1.29, 1.82) is 0 Å². The number of benzene rings is 1. The molecule has 0 saturated carbocycles. The molecule has 0 amide bonds. The van der Waals surface area contributed by atoms with E-state index in [1.807, 2.05) is 13.0 Å². The number of rotatable bonds is 6. The lowest BCUT2D eigenvalue weighted by Gasteiger charge is -2.34. The minimum Gasteiger partial charge on any atom is -0.458 e. The van der Waals surface area contributed by atoms with Crippen LogP contribution >= 0.6 is 22.9 Å². The summed E-state index contributed by atoms with van der Waals surface area (Å²) in [4.78, 5) is 11.9. The standard InChI is InChI=1S/C21H28ClNO5S2/c1-14-17-11-15(22)8-9-18(17)29-20(14)30(25,26)23-10-6-5-7-16(23)12-27-13-19(24)28-21(2,3)4/h8-9,11,16H,5-7,10,12-13H2,1-4H3/t16-/m1/s1. The number of halogens is 1. The van der Waals surface area contributed by atoms with E-state index in [2.05, 4.69) is 0 Å². The first-order chi connectivity index (χ1) is 14.0. The van der Waals surface area contributed by atoms with Crippen LogP contribution in [0.1, 0.15) is 45.6 Å². The summed E-state index contributed by atoms with van der Waals surface area (Å²) in [6.45, 7) is 7.61. The molecule has 30 heavy (non-hydrogen) atoms. The van der Waals surface area contributed by atoms with Crippen molar-refractivity contribution in [2.24, 2.45) is 0 Å². The van der Waals surface area contributed by atoms with Crippen LogP contribution < -0.4 is 0 Å². The van der Waals surface area contributed by atoms with Crippen LogP contribution in [0.3, 0.4) is 0 Å². The van der Waals surface area contributed by atoms with Crippen LogP contribution in [0.2, 0.25) is 5.02 Å². The highest BCUT2D eigenvalue weighted by Crippen LogP contribution is 2.38. The number of ether oxygens (including phenoxy) is 2. The summed E-state index contributed by atoms with van der Waals surface area (Å²) in [7, 11) is -3.68. The summed E-state index contributed by atoms with van der Waals surface area (Å²) in [5.41, 5.74) is 0.138. The third-order valence-electron chi connectivity index (χ3n) is 4.92. The molecular formula is C21H28ClNO5S2. The van der Waals surface area contributed by atoms with E-state index in [0.717, 1.165) is 28.5 Å². The van der Waals surface area contributed by atoms with Crippen LogP contribution in [0.25, 0.3) is 10.1 Å². The minimum atomic E-state index is -3.68. The molecule has 1 atom stereocenters. The summed E-state index contributed by atoms with van der Waals surface area (Å²) >= 11 is 7.37. The number of nitrogens with zero attached hydrogens (tertiary/aromatic N) is 1. The number of carbonyl (C=O) groups is 1. The van der Waals surface area contributed by atoms with Crippen molar-refractivity contribution < 1.29 is 22.7 Å². The number of fused-ring (bicyclic) bond motifs is 1.